The van der Waals surface area contributed by atoms with Crippen LogP contribution < -0.4 is 10.6 Å². The van der Waals surface area contributed by atoms with Crippen LogP contribution in [-0.4, -0.2) is 39.3 Å². The van der Waals surface area contributed by atoms with Gasteiger partial charge in [0.2, 0.25) is 0 Å². The Kier molecular flexibility index (Phi) is 7.40. The third kappa shape index (κ3) is 5.39. The zero-order valence-electron chi connectivity index (χ0n) is 21.8. The highest BCUT2D eigenvalue weighted by molar-refractivity contribution is 5.95. The van der Waals surface area contributed by atoms with Crippen molar-refractivity contribution in [3.05, 3.63) is 89.0 Å². The van der Waals surface area contributed by atoms with Crippen LogP contribution in [0.25, 0.3) is 16.8 Å². The summed E-state index contributed by atoms with van der Waals surface area (Å²) in [7, 11) is 0. The lowest BCUT2D eigenvalue weighted by molar-refractivity contribution is 0.0724. The van der Waals surface area contributed by atoms with E-state index in [1.165, 1.54) is 18.6 Å². The first-order valence-electron chi connectivity index (χ1n) is 13.1. The van der Waals surface area contributed by atoms with Crippen LogP contribution in [0.15, 0.2) is 60.8 Å². The van der Waals surface area contributed by atoms with E-state index in [1.807, 2.05) is 53.6 Å². The smallest absolute Gasteiger partial charge is 0.320 e. The number of imidazole rings is 1. The van der Waals surface area contributed by atoms with Gasteiger partial charge in [-0.05, 0) is 85.2 Å². The summed E-state index contributed by atoms with van der Waals surface area (Å²) in [5, 5.41) is 5.79. The topological polar surface area (TPSA) is 78.7 Å². The second-order valence-electron chi connectivity index (χ2n) is 9.73. The van der Waals surface area contributed by atoms with Gasteiger partial charge in [-0.25, -0.2) is 14.2 Å². The Balaban J connectivity index is 1.38. The van der Waals surface area contributed by atoms with Gasteiger partial charge < -0.3 is 10.2 Å². The number of benzene rings is 2. The number of hydrogen-bond donors (Lipinski definition) is 2. The van der Waals surface area contributed by atoms with Gasteiger partial charge in [0.15, 0.2) is 0 Å². The number of rotatable bonds is 6. The number of carbonyl (C=O) groups excluding carboxylic acids is 2. The lowest BCUT2D eigenvalue weighted by atomic mass is 10.0. The van der Waals surface area contributed by atoms with Gasteiger partial charge in [0.1, 0.15) is 17.3 Å². The monoisotopic (exact) mass is 513 g/mol. The Morgan fingerprint density at radius 3 is 2.37 bits per heavy atom. The third-order valence-corrected chi connectivity index (χ3v) is 7.02. The van der Waals surface area contributed by atoms with Crippen molar-refractivity contribution in [1.29, 1.82) is 0 Å². The fourth-order valence-corrected chi connectivity index (χ4v) is 4.92. The number of likely N-dealkylation sites (tertiary alicyclic amines) is 1. The van der Waals surface area contributed by atoms with Crippen LogP contribution in [-0.2, 0) is 13.0 Å². The minimum absolute atomic E-state index is 0.0863. The SMILES string of the molecule is CCc1nc2c(C)cc(-c3ccc(C(=O)N4CCCCC4)cc3)cn2c1NC(=O)NCc1ccc(F)cc1. The molecule has 8 heteroatoms. The number of anilines is 1. The van der Waals surface area contributed by atoms with Crippen molar-refractivity contribution in [2.24, 2.45) is 0 Å². The number of pyridine rings is 1. The van der Waals surface area contributed by atoms with Gasteiger partial charge in [-0.2, -0.15) is 0 Å². The predicted molar refractivity (Wildman–Crippen MR) is 147 cm³/mol. The van der Waals surface area contributed by atoms with Crippen molar-refractivity contribution in [1.82, 2.24) is 19.6 Å². The summed E-state index contributed by atoms with van der Waals surface area (Å²) >= 11 is 0. The van der Waals surface area contributed by atoms with Gasteiger partial charge in [-0.3, -0.25) is 14.5 Å². The van der Waals surface area contributed by atoms with Crippen molar-refractivity contribution in [2.75, 3.05) is 18.4 Å². The van der Waals surface area contributed by atoms with Crippen LogP contribution in [0, 0.1) is 12.7 Å². The van der Waals surface area contributed by atoms with Crippen LogP contribution in [0.4, 0.5) is 15.0 Å². The van der Waals surface area contributed by atoms with Crippen molar-refractivity contribution in [3.8, 4) is 11.1 Å². The standard InChI is InChI=1S/C30H32FN5O2/c1-3-26-28(34-30(38)32-18-21-7-13-25(31)14-8-21)36-19-24(17-20(2)27(36)33-26)22-9-11-23(12-10-22)29(37)35-15-5-4-6-16-35/h7-14,17,19H,3-6,15-16,18H2,1-2H3,(H2,32,34,38). The number of aromatic nitrogens is 2. The number of nitrogens with zero attached hydrogens (tertiary/aromatic N) is 3. The molecule has 7 nitrogen and oxygen atoms in total. The van der Waals surface area contributed by atoms with Gasteiger partial charge in [-0.1, -0.05) is 31.2 Å². The van der Waals surface area contributed by atoms with E-state index in [4.69, 9.17) is 4.98 Å². The molecule has 1 fully saturated rings. The predicted octanol–water partition coefficient (Wildman–Crippen LogP) is 5.96. The van der Waals surface area contributed by atoms with E-state index in [1.54, 1.807) is 12.1 Å². The molecular weight excluding hydrogens is 481 g/mol. The quantitative estimate of drug-likeness (QED) is 0.334. The second-order valence-corrected chi connectivity index (χ2v) is 9.73. The van der Waals surface area contributed by atoms with E-state index in [2.05, 4.69) is 16.7 Å². The molecule has 2 aromatic carbocycles. The van der Waals surface area contributed by atoms with Crippen LogP contribution in [0.2, 0.25) is 0 Å². The van der Waals surface area contributed by atoms with E-state index in [-0.39, 0.29) is 24.3 Å². The van der Waals surface area contributed by atoms with Crippen LogP contribution in [0.1, 0.15) is 53.4 Å². The minimum Gasteiger partial charge on any atom is -0.339 e. The molecule has 2 aromatic heterocycles. The van der Waals surface area contributed by atoms with Crippen molar-refractivity contribution in [2.45, 2.75) is 46.1 Å². The highest BCUT2D eigenvalue weighted by atomic mass is 19.1. The molecule has 5 rings (SSSR count). The maximum absolute atomic E-state index is 13.2. The molecule has 2 N–H and O–H groups in total. The van der Waals surface area contributed by atoms with Gasteiger partial charge >= 0.3 is 6.03 Å². The summed E-state index contributed by atoms with van der Waals surface area (Å²) in [6.45, 7) is 5.92. The summed E-state index contributed by atoms with van der Waals surface area (Å²) in [5.41, 5.74) is 5.97. The zero-order valence-corrected chi connectivity index (χ0v) is 21.8. The molecule has 0 unspecified atom stereocenters. The molecule has 196 valence electrons. The molecule has 3 amide bonds. The van der Waals surface area contributed by atoms with E-state index in [9.17, 15) is 14.0 Å². The molecule has 0 radical (unpaired) electrons. The van der Waals surface area contributed by atoms with E-state index in [0.29, 0.717) is 17.8 Å². The molecule has 3 heterocycles. The molecule has 1 aliphatic rings. The Labute approximate surface area is 221 Å². The molecular formula is C30H32FN5O2. The highest BCUT2D eigenvalue weighted by Crippen LogP contribution is 2.28. The van der Waals surface area contributed by atoms with Crippen LogP contribution in [0.5, 0.6) is 0 Å². The third-order valence-electron chi connectivity index (χ3n) is 7.02. The lowest BCUT2D eigenvalue weighted by Gasteiger charge is -2.26. The number of halogens is 1. The molecule has 0 atom stereocenters. The number of aryl methyl sites for hydroxylation is 2. The Morgan fingerprint density at radius 2 is 1.68 bits per heavy atom. The first-order chi connectivity index (χ1) is 18.4. The highest BCUT2D eigenvalue weighted by Gasteiger charge is 2.19. The fraction of sp³-hybridized carbons (Fsp3) is 0.300. The number of piperidine rings is 1. The minimum atomic E-state index is -0.366. The molecule has 1 aliphatic heterocycles. The molecule has 38 heavy (non-hydrogen) atoms. The Morgan fingerprint density at radius 1 is 0.974 bits per heavy atom. The summed E-state index contributed by atoms with van der Waals surface area (Å²) < 4.78 is 15.1. The van der Waals surface area contributed by atoms with Crippen LogP contribution >= 0.6 is 0 Å². The first-order valence-corrected chi connectivity index (χ1v) is 13.1. The van der Waals surface area contributed by atoms with Crippen molar-refractivity contribution < 1.29 is 14.0 Å². The van der Waals surface area contributed by atoms with Gasteiger partial charge in [-0.15, -0.1) is 0 Å². The lowest BCUT2D eigenvalue weighted by Crippen LogP contribution is -2.35. The zero-order chi connectivity index (χ0) is 26.6. The second kappa shape index (κ2) is 11.0. The average Bonchev–Trinajstić information content (AvgIpc) is 3.30. The number of urea groups is 1. The van der Waals surface area contributed by atoms with E-state index >= 15 is 0 Å². The number of amides is 3. The molecule has 0 saturated carbocycles. The molecule has 0 bridgehead atoms. The summed E-state index contributed by atoms with van der Waals surface area (Å²) in [6, 6.07) is 15.4. The Bertz CT molecular complexity index is 1460. The largest absolute Gasteiger partial charge is 0.339 e. The maximum atomic E-state index is 13.2. The summed E-state index contributed by atoms with van der Waals surface area (Å²) in [6.07, 6.45) is 5.93. The Hall–Kier alpha value is -4.20. The van der Waals surface area contributed by atoms with Gasteiger partial charge in [0.25, 0.3) is 5.91 Å². The van der Waals surface area contributed by atoms with Crippen molar-refractivity contribution >= 4 is 23.4 Å². The van der Waals surface area contributed by atoms with Gasteiger partial charge in [0.05, 0.1) is 5.69 Å². The fourth-order valence-electron chi connectivity index (χ4n) is 4.92. The number of carbonyl (C=O) groups is 2. The van der Waals surface area contributed by atoms with Gasteiger partial charge in [0, 0.05) is 31.4 Å². The molecule has 0 spiro atoms. The van der Waals surface area contributed by atoms with E-state index < -0.39 is 0 Å². The summed E-state index contributed by atoms with van der Waals surface area (Å²) in [4.78, 5) is 32.3. The molecule has 1 saturated heterocycles. The number of nitrogens with one attached hydrogen (secondary N) is 2. The normalized spacial score (nSPS) is 13.5. The first kappa shape index (κ1) is 25.4. The van der Waals surface area contributed by atoms with Crippen LogP contribution in [0.3, 0.4) is 0 Å². The number of hydrogen-bond acceptors (Lipinski definition) is 3. The molecule has 4 aromatic rings. The number of fused-ring (bicyclic) bond motifs is 1. The summed E-state index contributed by atoms with van der Waals surface area (Å²) in [5.74, 6) is 0.384. The van der Waals surface area contributed by atoms with Crippen molar-refractivity contribution in [3.63, 3.8) is 0 Å². The molecule has 0 aliphatic carbocycles. The maximum Gasteiger partial charge on any atom is 0.320 e. The van der Waals surface area contributed by atoms with E-state index in [0.717, 1.165) is 59.5 Å². The average molecular weight is 514 g/mol.